The van der Waals surface area contributed by atoms with E-state index in [4.69, 9.17) is 4.74 Å². The number of hydrogen-bond donors (Lipinski definition) is 3. The highest BCUT2D eigenvalue weighted by atomic mass is 16.5. The number of rotatable bonds is 19. The van der Waals surface area contributed by atoms with E-state index in [0.29, 0.717) is 39.1 Å². The molecule has 0 atom stereocenters. The van der Waals surface area contributed by atoms with Gasteiger partial charge in [0.05, 0.1) is 12.2 Å². The Morgan fingerprint density at radius 3 is 2.05 bits per heavy atom. The van der Waals surface area contributed by atoms with E-state index in [-0.39, 0.29) is 12.0 Å². The molecule has 0 aliphatic heterocycles. The predicted molar refractivity (Wildman–Crippen MR) is 156 cm³/mol. The Morgan fingerprint density at radius 2 is 1.37 bits per heavy atom. The number of nitrogens with zero attached hydrogens (tertiary/aromatic N) is 1. The normalized spacial score (nSPS) is 11.1. The third-order valence-corrected chi connectivity index (χ3v) is 7.05. The number of hydrogen-bond acceptors (Lipinski definition) is 5. The molecule has 0 bridgehead atoms. The molecule has 3 aromatic rings. The standard InChI is InChI=1S/C33H39NO7/c35-31(36)28-18-16-26(17-19-28)24-34(21-9-14-29(32(37)38)33(39)40)22-20-27-13-6-7-15-30(27)41-23-8-2-5-12-25-10-3-1-4-11-25/h1,3-4,6-7,10-11,13,15-19,29H,2,5,8-9,12,14,20-24H2,(H,35,36)(H,37,38)(H,39,40). The van der Waals surface area contributed by atoms with Gasteiger partial charge in [-0.05, 0) is 86.4 Å². The maximum absolute atomic E-state index is 11.3. The van der Waals surface area contributed by atoms with Crippen molar-refractivity contribution in [1.29, 1.82) is 0 Å². The number of aryl methyl sites for hydroxylation is 1. The molecule has 0 heterocycles. The van der Waals surface area contributed by atoms with Crippen molar-refractivity contribution in [3.05, 3.63) is 101 Å². The minimum atomic E-state index is -1.44. The molecule has 0 amide bonds. The molecule has 8 heteroatoms. The predicted octanol–water partition coefficient (Wildman–Crippen LogP) is 5.79. The summed E-state index contributed by atoms with van der Waals surface area (Å²) in [5.41, 5.74) is 3.54. The van der Waals surface area contributed by atoms with Crippen LogP contribution >= 0.6 is 0 Å². The van der Waals surface area contributed by atoms with Crippen LogP contribution < -0.4 is 4.74 Å². The average Bonchev–Trinajstić information content (AvgIpc) is 2.96. The van der Waals surface area contributed by atoms with Gasteiger partial charge in [-0.15, -0.1) is 0 Å². The van der Waals surface area contributed by atoms with Crippen molar-refractivity contribution in [3.8, 4) is 5.75 Å². The minimum absolute atomic E-state index is 0.0308. The Hall–Kier alpha value is -4.17. The first-order valence-electron chi connectivity index (χ1n) is 14.1. The first-order valence-corrected chi connectivity index (χ1v) is 14.1. The van der Waals surface area contributed by atoms with Crippen LogP contribution in [0.2, 0.25) is 0 Å². The van der Waals surface area contributed by atoms with Gasteiger partial charge in [-0.1, -0.05) is 60.7 Å². The van der Waals surface area contributed by atoms with E-state index >= 15 is 0 Å². The van der Waals surface area contributed by atoms with E-state index in [1.54, 1.807) is 24.3 Å². The molecule has 0 saturated carbocycles. The van der Waals surface area contributed by atoms with E-state index in [0.717, 1.165) is 42.6 Å². The van der Waals surface area contributed by atoms with Crippen LogP contribution in [0, 0.1) is 5.92 Å². The Bertz CT molecular complexity index is 1230. The second kappa shape index (κ2) is 16.8. The zero-order valence-electron chi connectivity index (χ0n) is 23.3. The fourth-order valence-corrected chi connectivity index (χ4v) is 4.72. The van der Waals surface area contributed by atoms with E-state index < -0.39 is 23.8 Å². The van der Waals surface area contributed by atoms with Gasteiger partial charge in [0, 0.05) is 13.1 Å². The van der Waals surface area contributed by atoms with E-state index in [2.05, 4.69) is 29.2 Å². The smallest absolute Gasteiger partial charge is 0.335 e. The SMILES string of the molecule is O=C(O)c1ccc(CN(CCCC(C(=O)O)C(=O)O)CCc2ccccc2OCCCCCc2ccccc2)cc1. The average molecular weight is 562 g/mol. The Morgan fingerprint density at radius 1 is 0.683 bits per heavy atom. The Labute approximate surface area is 241 Å². The van der Waals surface area contributed by atoms with Crippen molar-refractivity contribution < 1.29 is 34.4 Å². The molecular formula is C33H39NO7. The van der Waals surface area contributed by atoms with E-state index in [9.17, 15) is 29.7 Å². The van der Waals surface area contributed by atoms with Crippen LogP contribution in [-0.4, -0.2) is 57.8 Å². The number of carboxylic acid groups (broad SMARTS) is 3. The lowest BCUT2D eigenvalue weighted by Gasteiger charge is -2.23. The van der Waals surface area contributed by atoms with E-state index in [1.807, 2.05) is 30.3 Å². The molecule has 0 unspecified atom stereocenters. The third-order valence-electron chi connectivity index (χ3n) is 7.05. The molecule has 41 heavy (non-hydrogen) atoms. The number of unbranched alkanes of at least 4 members (excludes halogenated alkanes) is 2. The van der Waals surface area contributed by atoms with Gasteiger partial charge in [0.15, 0.2) is 5.92 Å². The lowest BCUT2D eigenvalue weighted by Crippen LogP contribution is -2.29. The summed E-state index contributed by atoms with van der Waals surface area (Å²) in [5.74, 6) is -4.25. The molecule has 0 spiro atoms. The number of carboxylic acids is 3. The highest BCUT2D eigenvalue weighted by Crippen LogP contribution is 2.21. The zero-order chi connectivity index (χ0) is 29.5. The maximum atomic E-state index is 11.3. The monoisotopic (exact) mass is 561 g/mol. The van der Waals surface area contributed by atoms with Crippen LogP contribution in [0.25, 0.3) is 0 Å². The van der Waals surface area contributed by atoms with Gasteiger partial charge >= 0.3 is 17.9 Å². The molecule has 0 radical (unpaired) electrons. The Kier molecular flexibility index (Phi) is 12.9. The van der Waals surface area contributed by atoms with Crippen molar-refractivity contribution >= 4 is 17.9 Å². The van der Waals surface area contributed by atoms with Gasteiger partial charge in [-0.25, -0.2) is 4.79 Å². The van der Waals surface area contributed by atoms with Gasteiger partial charge in [-0.2, -0.15) is 0 Å². The van der Waals surface area contributed by atoms with Gasteiger partial charge in [-0.3, -0.25) is 14.5 Å². The first kappa shape index (κ1) is 31.4. The number of ether oxygens (including phenoxy) is 1. The highest BCUT2D eigenvalue weighted by Gasteiger charge is 2.25. The van der Waals surface area contributed by atoms with Crippen molar-refractivity contribution in [2.24, 2.45) is 5.92 Å². The Balaban J connectivity index is 1.55. The molecule has 0 aliphatic rings. The summed E-state index contributed by atoms with van der Waals surface area (Å²) in [5, 5.41) is 27.6. The van der Waals surface area contributed by atoms with Crippen LogP contribution in [0.4, 0.5) is 0 Å². The summed E-state index contributed by atoms with van der Waals surface area (Å²) in [6.45, 7) is 2.30. The summed E-state index contributed by atoms with van der Waals surface area (Å²) in [4.78, 5) is 35.9. The summed E-state index contributed by atoms with van der Waals surface area (Å²) in [6, 6.07) is 25.0. The summed E-state index contributed by atoms with van der Waals surface area (Å²) in [6.07, 6.45) is 5.35. The lowest BCUT2D eigenvalue weighted by atomic mass is 10.0. The summed E-state index contributed by atoms with van der Waals surface area (Å²) >= 11 is 0. The van der Waals surface area contributed by atoms with Crippen LogP contribution in [0.3, 0.4) is 0 Å². The molecule has 0 aromatic heterocycles. The molecule has 3 N–H and O–H groups in total. The summed E-state index contributed by atoms with van der Waals surface area (Å²) in [7, 11) is 0. The van der Waals surface area contributed by atoms with Gasteiger partial charge in [0.2, 0.25) is 0 Å². The second-order valence-electron chi connectivity index (χ2n) is 10.2. The molecule has 3 aromatic carbocycles. The lowest BCUT2D eigenvalue weighted by molar-refractivity contribution is -0.154. The maximum Gasteiger partial charge on any atom is 0.335 e. The molecule has 0 fully saturated rings. The molecule has 218 valence electrons. The molecular weight excluding hydrogens is 522 g/mol. The number of carbonyl (C=O) groups is 3. The molecule has 8 nitrogen and oxygen atoms in total. The van der Waals surface area contributed by atoms with Crippen LogP contribution in [0.5, 0.6) is 5.75 Å². The van der Waals surface area contributed by atoms with Crippen LogP contribution in [0.1, 0.15) is 59.2 Å². The highest BCUT2D eigenvalue weighted by molar-refractivity contribution is 5.92. The second-order valence-corrected chi connectivity index (χ2v) is 10.2. The largest absolute Gasteiger partial charge is 0.493 e. The van der Waals surface area contributed by atoms with Crippen molar-refractivity contribution in [1.82, 2.24) is 4.90 Å². The van der Waals surface area contributed by atoms with Gasteiger partial charge in [0.1, 0.15) is 5.75 Å². The fraction of sp³-hybridized carbons (Fsp3) is 0.364. The quantitative estimate of drug-likeness (QED) is 0.124. The molecule has 0 aliphatic carbocycles. The number of benzene rings is 3. The van der Waals surface area contributed by atoms with Gasteiger partial charge < -0.3 is 20.1 Å². The first-order chi connectivity index (χ1) is 19.8. The van der Waals surface area contributed by atoms with Crippen molar-refractivity contribution in [2.75, 3.05) is 19.7 Å². The third kappa shape index (κ3) is 11.1. The summed E-state index contributed by atoms with van der Waals surface area (Å²) < 4.78 is 6.14. The fourth-order valence-electron chi connectivity index (χ4n) is 4.72. The van der Waals surface area contributed by atoms with E-state index in [1.165, 1.54) is 5.56 Å². The van der Waals surface area contributed by atoms with Crippen molar-refractivity contribution in [3.63, 3.8) is 0 Å². The number of para-hydroxylation sites is 1. The van der Waals surface area contributed by atoms with Crippen LogP contribution in [0.15, 0.2) is 78.9 Å². The minimum Gasteiger partial charge on any atom is -0.493 e. The zero-order valence-corrected chi connectivity index (χ0v) is 23.3. The molecule has 3 rings (SSSR count). The topological polar surface area (TPSA) is 124 Å². The number of aliphatic carboxylic acids is 2. The van der Waals surface area contributed by atoms with Crippen molar-refractivity contribution in [2.45, 2.75) is 51.5 Å². The molecule has 0 saturated heterocycles. The number of aromatic carboxylic acids is 1. The van der Waals surface area contributed by atoms with Crippen LogP contribution in [-0.2, 0) is 29.0 Å². The van der Waals surface area contributed by atoms with Gasteiger partial charge in [0.25, 0.3) is 0 Å².